The molecule has 0 aliphatic carbocycles. The second-order valence-corrected chi connectivity index (χ2v) is 8.12. The number of halogens is 1. The monoisotopic (exact) mass is 484 g/mol. The first-order chi connectivity index (χ1) is 17.0. The zero-order valence-corrected chi connectivity index (χ0v) is 19.2. The SMILES string of the molecule is NC(=NO)c1ccccc1-c1ccc(C(=O)Cc2ccccc2C(=O)Nc2ccc(Cl)cn2)cc1. The van der Waals surface area contributed by atoms with Crippen molar-refractivity contribution in [3.8, 4) is 11.1 Å². The number of nitrogens with one attached hydrogen (secondary N) is 1. The van der Waals surface area contributed by atoms with Gasteiger partial charge in [-0.1, -0.05) is 83.5 Å². The lowest BCUT2D eigenvalue weighted by atomic mass is 9.95. The fourth-order valence-corrected chi connectivity index (χ4v) is 3.76. The van der Waals surface area contributed by atoms with E-state index < -0.39 is 0 Å². The van der Waals surface area contributed by atoms with E-state index in [-0.39, 0.29) is 23.9 Å². The van der Waals surface area contributed by atoms with Crippen molar-refractivity contribution in [1.82, 2.24) is 4.98 Å². The number of carbonyl (C=O) groups excluding carboxylic acids is 2. The lowest BCUT2D eigenvalue weighted by Crippen LogP contribution is -2.16. The highest BCUT2D eigenvalue weighted by Gasteiger charge is 2.16. The molecule has 0 unspecified atom stereocenters. The van der Waals surface area contributed by atoms with Gasteiger partial charge in [0, 0.05) is 29.3 Å². The van der Waals surface area contributed by atoms with E-state index in [0.29, 0.717) is 33.1 Å². The molecule has 0 aliphatic heterocycles. The quantitative estimate of drug-likeness (QED) is 0.110. The Morgan fingerprint density at radius 2 is 1.60 bits per heavy atom. The van der Waals surface area contributed by atoms with Crippen LogP contribution in [-0.2, 0) is 6.42 Å². The van der Waals surface area contributed by atoms with Gasteiger partial charge in [-0.15, -0.1) is 0 Å². The first-order valence-electron chi connectivity index (χ1n) is 10.7. The Labute approximate surface area is 206 Å². The zero-order chi connectivity index (χ0) is 24.8. The normalized spacial score (nSPS) is 11.2. The van der Waals surface area contributed by atoms with E-state index in [4.69, 9.17) is 22.5 Å². The van der Waals surface area contributed by atoms with Crippen molar-refractivity contribution in [3.05, 3.63) is 118 Å². The number of carbonyl (C=O) groups is 2. The van der Waals surface area contributed by atoms with Crippen LogP contribution in [0.5, 0.6) is 0 Å². The molecule has 0 aliphatic rings. The minimum atomic E-state index is -0.363. The molecule has 0 bridgehead atoms. The van der Waals surface area contributed by atoms with Gasteiger partial charge in [0.25, 0.3) is 5.91 Å². The molecule has 0 atom stereocenters. The first kappa shape index (κ1) is 23.7. The third-order valence-electron chi connectivity index (χ3n) is 5.41. The molecule has 7 nitrogen and oxygen atoms in total. The first-order valence-corrected chi connectivity index (χ1v) is 11.1. The van der Waals surface area contributed by atoms with Crippen molar-refractivity contribution in [1.29, 1.82) is 0 Å². The number of benzene rings is 3. The average Bonchev–Trinajstić information content (AvgIpc) is 2.90. The molecular formula is C27H21ClN4O3. The highest BCUT2D eigenvalue weighted by atomic mass is 35.5. The molecule has 1 aromatic heterocycles. The van der Waals surface area contributed by atoms with Gasteiger partial charge >= 0.3 is 0 Å². The number of nitrogens with two attached hydrogens (primary N) is 1. The standard InChI is InChI=1S/C27H21ClN4O3/c28-20-13-14-25(30-16-20)31-27(34)22-7-2-1-5-19(22)15-24(33)18-11-9-17(10-12-18)21-6-3-4-8-23(21)26(29)32-35/h1-14,16,35H,15H2,(H2,29,32)(H,30,31,34). The summed E-state index contributed by atoms with van der Waals surface area (Å²) in [5.74, 6) is -0.128. The Bertz CT molecular complexity index is 1400. The summed E-state index contributed by atoms with van der Waals surface area (Å²) in [5.41, 5.74) is 9.47. The van der Waals surface area contributed by atoms with E-state index in [9.17, 15) is 9.59 Å². The number of nitrogens with zero attached hydrogens (tertiary/aromatic N) is 2. The van der Waals surface area contributed by atoms with Crippen molar-refractivity contribution in [2.75, 3.05) is 5.32 Å². The number of anilines is 1. The summed E-state index contributed by atoms with van der Waals surface area (Å²) >= 11 is 5.85. The van der Waals surface area contributed by atoms with E-state index in [1.54, 1.807) is 60.7 Å². The van der Waals surface area contributed by atoms with Gasteiger partial charge in [-0.3, -0.25) is 9.59 Å². The summed E-state index contributed by atoms with van der Waals surface area (Å²) in [6.07, 6.45) is 1.50. The second-order valence-electron chi connectivity index (χ2n) is 7.68. The van der Waals surface area contributed by atoms with Crippen LogP contribution in [0.3, 0.4) is 0 Å². The molecule has 8 heteroatoms. The lowest BCUT2D eigenvalue weighted by molar-refractivity contribution is 0.0992. The smallest absolute Gasteiger partial charge is 0.257 e. The molecule has 0 spiro atoms. The van der Waals surface area contributed by atoms with Gasteiger partial charge in [0.1, 0.15) is 5.82 Å². The summed E-state index contributed by atoms with van der Waals surface area (Å²) < 4.78 is 0. The molecule has 4 aromatic rings. The molecule has 1 heterocycles. The minimum Gasteiger partial charge on any atom is -0.409 e. The van der Waals surface area contributed by atoms with Gasteiger partial charge in [-0.25, -0.2) is 4.98 Å². The van der Waals surface area contributed by atoms with Crippen molar-refractivity contribution in [2.45, 2.75) is 6.42 Å². The fraction of sp³-hybridized carbons (Fsp3) is 0.0370. The average molecular weight is 485 g/mol. The predicted octanol–water partition coefficient (Wildman–Crippen LogP) is 5.17. The molecule has 174 valence electrons. The number of amides is 1. The van der Waals surface area contributed by atoms with Crippen LogP contribution < -0.4 is 11.1 Å². The van der Waals surface area contributed by atoms with Crippen LogP contribution in [0.25, 0.3) is 11.1 Å². The van der Waals surface area contributed by atoms with E-state index in [1.165, 1.54) is 6.20 Å². The summed E-state index contributed by atoms with van der Waals surface area (Å²) in [7, 11) is 0. The van der Waals surface area contributed by atoms with Gasteiger partial charge in [0.05, 0.1) is 5.02 Å². The van der Waals surface area contributed by atoms with Gasteiger partial charge in [-0.05, 0) is 34.9 Å². The highest BCUT2D eigenvalue weighted by molar-refractivity contribution is 6.30. The van der Waals surface area contributed by atoms with Crippen LogP contribution in [-0.4, -0.2) is 27.7 Å². The molecular weight excluding hydrogens is 464 g/mol. The lowest BCUT2D eigenvalue weighted by Gasteiger charge is -2.11. The van der Waals surface area contributed by atoms with E-state index in [2.05, 4.69) is 15.5 Å². The second kappa shape index (κ2) is 10.6. The van der Waals surface area contributed by atoms with Crippen molar-refractivity contribution in [2.24, 2.45) is 10.9 Å². The molecule has 4 N–H and O–H groups in total. The van der Waals surface area contributed by atoms with Crippen molar-refractivity contribution < 1.29 is 14.8 Å². The van der Waals surface area contributed by atoms with Crippen LogP contribution in [0.4, 0.5) is 5.82 Å². The van der Waals surface area contributed by atoms with Crippen LogP contribution in [0.2, 0.25) is 5.02 Å². The van der Waals surface area contributed by atoms with E-state index in [1.807, 2.05) is 24.3 Å². The summed E-state index contributed by atoms with van der Waals surface area (Å²) in [6, 6.07) is 24.5. The number of amidine groups is 1. The molecule has 0 saturated carbocycles. The van der Waals surface area contributed by atoms with Crippen molar-refractivity contribution >= 4 is 34.9 Å². The van der Waals surface area contributed by atoms with Gasteiger partial charge in [0.2, 0.25) is 0 Å². The van der Waals surface area contributed by atoms with Gasteiger partial charge < -0.3 is 16.3 Å². The molecule has 0 saturated heterocycles. The number of hydrogen-bond acceptors (Lipinski definition) is 5. The predicted molar refractivity (Wildman–Crippen MR) is 136 cm³/mol. The molecule has 3 aromatic carbocycles. The van der Waals surface area contributed by atoms with Crippen LogP contribution in [0.1, 0.15) is 31.8 Å². The van der Waals surface area contributed by atoms with E-state index >= 15 is 0 Å². The Kier molecular flexibility index (Phi) is 7.18. The third kappa shape index (κ3) is 5.54. The zero-order valence-electron chi connectivity index (χ0n) is 18.5. The van der Waals surface area contributed by atoms with Crippen molar-refractivity contribution in [3.63, 3.8) is 0 Å². The Morgan fingerprint density at radius 3 is 2.29 bits per heavy atom. The number of oxime groups is 1. The number of pyridine rings is 1. The Balaban J connectivity index is 1.52. The van der Waals surface area contributed by atoms with Crippen LogP contribution in [0, 0.1) is 0 Å². The summed E-state index contributed by atoms with van der Waals surface area (Å²) in [4.78, 5) is 29.9. The number of hydrogen-bond donors (Lipinski definition) is 3. The van der Waals surface area contributed by atoms with Gasteiger partial charge in [-0.2, -0.15) is 0 Å². The third-order valence-corrected chi connectivity index (χ3v) is 5.63. The molecule has 35 heavy (non-hydrogen) atoms. The largest absolute Gasteiger partial charge is 0.409 e. The number of aromatic nitrogens is 1. The fourth-order valence-electron chi connectivity index (χ4n) is 3.65. The number of rotatable bonds is 7. The van der Waals surface area contributed by atoms with Gasteiger partial charge in [0.15, 0.2) is 11.6 Å². The van der Waals surface area contributed by atoms with Crippen LogP contribution in [0.15, 0.2) is 96.3 Å². The van der Waals surface area contributed by atoms with E-state index in [0.717, 1.165) is 11.1 Å². The maximum atomic E-state index is 13.0. The summed E-state index contributed by atoms with van der Waals surface area (Å²) in [5, 5.41) is 15.3. The number of Topliss-reactive ketones (excluding diaryl/α,β-unsaturated/α-hetero) is 1. The highest BCUT2D eigenvalue weighted by Crippen LogP contribution is 2.25. The Hall–Kier alpha value is -4.49. The number of ketones is 1. The summed E-state index contributed by atoms with van der Waals surface area (Å²) in [6.45, 7) is 0. The maximum Gasteiger partial charge on any atom is 0.257 e. The topological polar surface area (TPSA) is 118 Å². The van der Waals surface area contributed by atoms with Crippen LogP contribution >= 0.6 is 11.6 Å². The minimum absolute atomic E-state index is 0.00411. The Morgan fingerprint density at radius 1 is 0.914 bits per heavy atom. The molecule has 1 amide bonds. The maximum absolute atomic E-state index is 13.0. The molecule has 0 fully saturated rings. The molecule has 0 radical (unpaired) electrons. The molecule has 4 rings (SSSR count).